The molecule has 126 valence electrons. The van der Waals surface area contributed by atoms with Gasteiger partial charge in [-0.2, -0.15) is 0 Å². The number of carbonyl (C=O) groups is 1. The summed E-state index contributed by atoms with van der Waals surface area (Å²) in [6.07, 6.45) is 1.60. The molecule has 0 aliphatic carbocycles. The van der Waals surface area contributed by atoms with E-state index >= 15 is 0 Å². The molecule has 24 heavy (non-hydrogen) atoms. The summed E-state index contributed by atoms with van der Waals surface area (Å²) in [5, 5.41) is 0.454. The van der Waals surface area contributed by atoms with Crippen LogP contribution in [0.2, 0.25) is 0 Å². The van der Waals surface area contributed by atoms with E-state index in [9.17, 15) is 13.6 Å². The number of rotatable bonds is 3. The predicted octanol–water partition coefficient (Wildman–Crippen LogP) is 4.81. The lowest BCUT2D eigenvalue weighted by molar-refractivity contribution is -0.118. The summed E-state index contributed by atoms with van der Waals surface area (Å²) in [5.41, 5.74) is 1.58. The van der Waals surface area contributed by atoms with Crippen molar-refractivity contribution in [2.75, 3.05) is 11.4 Å². The molecule has 1 atom stereocenters. The van der Waals surface area contributed by atoms with E-state index in [1.54, 1.807) is 11.8 Å². The van der Waals surface area contributed by atoms with Gasteiger partial charge in [-0.05, 0) is 42.7 Å². The monoisotopic (exact) mass is 347 g/mol. The molecule has 1 aliphatic rings. The van der Waals surface area contributed by atoms with Crippen LogP contribution in [0.5, 0.6) is 0 Å². The Morgan fingerprint density at radius 3 is 2.79 bits per heavy atom. The molecule has 0 bridgehead atoms. The lowest BCUT2D eigenvalue weighted by Gasteiger charge is -2.22. The first-order chi connectivity index (χ1) is 11.5. The van der Waals surface area contributed by atoms with Gasteiger partial charge in [0, 0.05) is 23.1 Å². The lowest BCUT2D eigenvalue weighted by atomic mass is 10.1. The van der Waals surface area contributed by atoms with Gasteiger partial charge in [0.2, 0.25) is 5.91 Å². The molecular formula is C19H19F2NOS. The SMILES string of the molecule is CC1CCN(C(=O)CCc2ccc(F)c(F)c2)c2ccccc2S1. The molecule has 0 saturated heterocycles. The summed E-state index contributed by atoms with van der Waals surface area (Å²) < 4.78 is 26.3. The Kier molecular flexibility index (Phi) is 5.19. The zero-order chi connectivity index (χ0) is 17.1. The number of nitrogens with zero attached hydrogens (tertiary/aromatic N) is 1. The largest absolute Gasteiger partial charge is 0.311 e. The van der Waals surface area contributed by atoms with Crippen molar-refractivity contribution in [1.82, 2.24) is 0 Å². The van der Waals surface area contributed by atoms with Crippen LogP contribution in [0.4, 0.5) is 14.5 Å². The molecule has 1 heterocycles. The van der Waals surface area contributed by atoms with Crippen molar-refractivity contribution < 1.29 is 13.6 Å². The molecule has 0 fully saturated rings. The molecule has 2 nitrogen and oxygen atoms in total. The first-order valence-electron chi connectivity index (χ1n) is 8.04. The summed E-state index contributed by atoms with van der Waals surface area (Å²) in [4.78, 5) is 15.6. The quantitative estimate of drug-likeness (QED) is 0.794. The van der Waals surface area contributed by atoms with Gasteiger partial charge in [-0.3, -0.25) is 4.79 Å². The average molecular weight is 347 g/mol. The van der Waals surface area contributed by atoms with E-state index in [0.717, 1.165) is 29.1 Å². The van der Waals surface area contributed by atoms with Crippen LogP contribution in [0.25, 0.3) is 0 Å². The van der Waals surface area contributed by atoms with Gasteiger partial charge in [0.25, 0.3) is 0 Å². The third-order valence-electron chi connectivity index (χ3n) is 4.16. The molecule has 2 aromatic carbocycles. The molecule has 0 spiro atoms. The second kappa shape index (κ2) is 7.34. The fourth-order valence-corrected chi connectivity index (χ4v) is 3.94. The van der Waals surface area contributed by atoms with Crippen molar-refractivity contribution >= 4 is 23.4 Å². The van der Waals surface area contributed by atoms with E-state index in [4.69, 9.17) is 0 Å². The Labute approximate surface area is 144 Å². The van der Waals surface area contributed by atoms with Crippen LogP contribution >= 0.6 is 11.8 Å². The number of amides is 1. The van der Waals surface area contributed by atoms with Crippen molar-refractivity contribution in [2.45, 2.75) is 36.3 Å². The third kappa shape index (κ3) is 3.78. The van der Waals surface area contributed by atoms with Crippen LogP contribution in [-0.2, 0) is 11.2 Å². The topological polar surface area (TPSA) is 20.3 Å². The highest BCUT2D eigenvalue weighted by atomic mass is 32.2. The highest BCUT2D eigenvalue weighted by Crippen LogP contribution is 2.37. The van der Waals surface area contributed by atoms with Gasteiger partial charge >= 0.3 is 0 Å². The van der Waals surface area contributed by atoms with Crippen LogP contribution in [0.15, 0.2) is 47.4 Å². The van der Waals surface area contributed by atoms with Gasteiger partial charge < -0.3 is 4.90 Å². The first kappa shape index (κ1) is 17.0. The number of aryl methyl sites for hydroxylation is 1. The van der Waals surface area contributed by atoms with E-state index in [1.807, 2.05) is 29.2 Å². The van der Waals surface area contributed by atoms with Crippen molar-refractivity contribution in [3.8, 4) is 0 Å². The maximum absolute atomic E-state index is 13.3. The minimum atomic E-state index is -0.870. The Balaban J connectivity index is 1.73. The highest BCUT2D eigenvalue weighted by molar-refractivity contribution is 8.00. The van der Waals surface area contributed by atoms with Crippen LogP contribution in [-0.4, -0.2) is 17.7 Å². The summed E-state index contributed by atoms with van der Waals surface area (Å²) in [7, 11) is 0. The Hall–Kier alpha value is -1.88. The van der Waals surface area contributed by atoms with Crippen molar-refractivity contribution in [3.63, 3.8) is 0 Å². The Morgan fingerprint density at radius 2 is 2.00 bits per heavy atom. The molecule has 1 amide bonds. The third-order valence-corrected chi connectivity index (χ3v) is 5.39. The number of hydrogen-bond acceptors (Lipinski definition) is 2. The van der Waals surface area contributed by atoms with E-state index < -0.39 is 11.6 Å². The molecule has 2 aromatic rings. The molecule has 0 radical (unpaired) electrons. The Bertz CT molecular complexity index is 750. The predicted molar refractivity (Wildman–Crippen MR) is 93.4 cm³/mol. The molecule has 1 unspecified atom stereocenters. The molecule has 3 rings (SSSR count). The van der Waals surface area contributed by atoms with E-state index in [0.29, 0.717) is 23.8 Å². The normalized spacial score (nSPS) is 17.3. The zero-order valence-corrected chi connectivity index (χ0v) is 14.3. The van der Waals surface area contributed by atoms with Gasteiger partial charge in [-0.15, -0.1) is 11.8 Å². The number of anilines is 1. The number of halogens is 2. The van der Waals surface area contributed by atoms with Gasteiger partial charge in [-0.1, -0.05) is 25.1 Å². The maximum atomic E-state index is 13.3. The molecule has 0 N–H and O–H groups in total. The van der Waals surface area contributed by atoms with Crippen LogP contribution in [0, 0.1) is 11.6 Å². The molecule has 1 aliphatic heterocycles. The summed E-state index contributed by atoms with van der Waals surface area (Å²) in [6, 6.07) is 11.7. The molecule has 5 heteroatoms. The van der Waals surface area contributed by atoms with Crippen LogP contribution < -0.4 is 4.90 Å². The fraction of sp³-hybridized carbons (Fsp3) is 0.316. The highest BCUT2D eigenvalue weighted by Gasteiger charge is 2.23. The van der Waals surface area contributed by atoms with Gasteiger partial charge in [0.15, 0.2) is 11.6 Å². The number of carbonyl (C=O) groups excluding carboxylic acids is 1. The van der Waals surface area contributed by atoms with Gasteiger partial charge in [0.1, 0.15) is 0 Å². The van der Waals surface area contributed by atoms with Crippen molar-refractivity contribution in [3.05, 3.63) is 59.7 Å². The Morgan fingerprint density at radius 1 is 1.21 bits per heavy atom. The number of thioether (sulfide) groups is 1. The molecule has 0 saturated carbocycles. The van der Waals surface area contributed by atoms with Crippen LogP contribution in [0.3, 0.4) is 0 Å². The second-order valence-electron chi connectivity index (χ2n) is 5.98. The smallest absolute Gasteiger partial charge is 0.227 e. The number of para-hydroxylation sites is 1. The summed E-state index contributed by atoms with van der Waals surface area (Å²) >= 11 is 1.79. The molecular weight excluding hydrogens is 328 g/mol. The second-order valence-corrected chi connectivity index (χ2v) is 7.46. The van der Waals surface area contributed by atoms with Crippen molar-refractivity contribution in [2.24, 2.45) is 0 Å². The van der Waals surface area contributed by atoms with Gasteiger partial charge in [-0.25, -0.2) is 8.78 Å². The van der Waals surface area contributed by atoms with Crippen molar-refractivity contribution in [1.29, 1.82) is 0 Å². The fourth-order valence-electron chi connectivity index (χ4n) is 2.83. The van der Waals surface area contributed by atoms with E-state index in [-0.39, 0.29) is 12.3 Å². The standard InChI is InChI=1S/C19H19F2NOS/c1-13-10-11-22(17-4-2-3-5-18(17)24-13)19(23)9-7-14-6-8-15(20)16(21)12-14/h2-6,8,12-13H,7,9-11H2,1H3. The number of fused-ring (bicyclic) bond motifs is 1. The minimum Gasteiger partial charge on any atom is -0.311 e. The minimum absolute atomic E-state index is 0.0156. The lowest BCUT2D eigenvalue weighted by Crippen LogP contribution is -2.32. The molecule has 0 aromatic heterocycles. The maximum Gasteiger partial charge on any atom is 0.227 e. The number of hydrogen-bond donors (Lipinski definition) is 0. The average Bonchev–Trinajstić information content (AvgIpc) is 2.74. The zero-order valence-electron chi connectivity index (χ0n) is 13.5. The summed E-state index contributed by atoms with van der Waals surface area (Å²) in [6.45, 7) is 2.85. The van der Waals surface area contributed by atoms with Gasteiger partial charge in [0.05, 0.1) is 5.69 Å². The van der Waals surface area contributed by atoms with Crippen LogP contribution in [0.1, 0.15) is 25.3 Å². The van der Waals surface area contributed by atoms with E-state index in [2.05, 4.69) is 6.92 Å². The van der Waals surface area contributed by atoms with E-state index in [1.165, 1.54) is 6.07 Å². The first-order valence-corrected chi connectivity index (χ1v) is 8.92. The summed E-state index contributed by atoms with van der Waals surface area (Å²) in [5.74, 6) is -1.72. The number of benzene rings is 2.